The minimum atomic E-state index is 0.0350. The summed E-state index contributed by atoms with van der Waals surface area (Å²) in [4.78, 5) is 8.72. The lowest BCUT2D eigenvalue weighted by Gasteiger charge is -2.17. The van der Waals surface area contributed by atoms with Gasteiger partial charge in [-0.2, -0.15) is 5.26 Å². The molecule has 0 unspecified atom stereocenters. The smallest absolute Gasteiger partial charge is 0.160 e. The van der Waals surface area contributed by atoms with Crippen LogP contribution in [0.25, 0.3) is 11.4 Å². The van der Waals surface area contributed by atoms with Gasteiger partial charge in [-0.15, -0.1) is 0 Å². The molecule has 3 nitrogen and oxygen atoms in total. The molecule has 1 aromatic heterocycles. The molecule has 3 heteroatoms. The summed E-state index contributed by atoms with van der Waals surface area (Å²) < 4.78 is 0. The second-order valence-corrected chi connectivity index (χ2v) is 5.20. The van der Waals surface area contributed by atoms with Crippen LogP contribution in [0.3, 0.4) is 0 Å². The van der Waals surface area contributed by atoms with E-state index in [0.29, 0.717) is 11.4 Å². The van der Waals surface area contributed by atoms with Crippen LogP contribution in [0, 0.1) is 11.3 Å². The summed E-state index contributed by atoms with van der Waals surface area (Å²) in [7, 11) is 0. The zero-order chi connectivity index (χ0) is 13.2. The summed E-state index contributed by atoms with van der Waals surface area (Å²) >= 11 is 0. The lowest BCUT2D eigenvalue weighted by molar-refractivity contribution is 0.584. The predicted octanol–water partition coefficient (Wildman–Crippen LogP) is 3.31. The number of hydrogen-bond acceptors (Lipinski definition) is 3. The molecule has 1 aromatic carbocycles. The Morgan fingerprint density at radius 2 is 1.67 bits per heavy atom. The molecule has 0 aliphatic carbocycles. The minimum absolute atomic E-state index is 0.0350. The molecule has 0 aliphatic heterocycles. The molecule has 0 fully saturated rings. The quantitative estimate of drug-likeness (QED) is 0.764. The van der Waals surface area contributed by atoms with E-state index in [9.17, 15) is 0 Å². The van der Waals surface area contributed by atoms with Gasteiger partial charge in [-0.3, -0.25) is 0 Å². The van der Waals surface area contributed by atoms with Crippen molar-refractivity contribution in [3.05, 3.63) is 47.8 Å². The Kier molecular flexibility index (Phi) is 3.12. The lowest BCUT2D eigenvalue weighted by Crippen LogP contribution is -2.12. The highest BCUT2D eigenvalue weighted by Gasteiger charge is 2.15. The highest BCUT2D eigenvalue weighted by atomic mass is 14.9. The number of aromatic nitrogens is 2. The van der Waals surface area contributed by atoms with Crippen molar-refractivity contribution in [3.8, 4) is 17.5 Å². The third-order valence-electron chi connectivity index (χ3n) is 2.81. The highest BCUT2D eigenvalue weighted by Crippen LogP contribution is 2.23. The van der Waals surface area contributed by atoms with Gasteiger partial charge in [-0.1, -0.05) is 32.9 Å². The summed E-state index contributed by atoms with van der Waals surface area (Å²) in [5, 5.41) is 9.06. The zero-order valence-corrected chi connectivity index (χ0v) is 10.8. The summed E-state index contributed by atoms with van der Waals surface area (Å²) in [6, 6.07) is 9.52. The number of rotatable bonds is 1. The Morgan fingerprint density at radius 1 is 1.06 bits per heavy atom. The van der Waals surface area contributed by atoms with Crippen molar-refractivity contribution in [2.75, 3.05) is 0 Å². The van der Waals surface area contributed by atoms with E-state index >= 15 is 0 Å². The van der Waals surface area contributed by atoms with Crippen LogP contribution in [0.4, 0.5) is 0 Å². The van der Waals surface area contributed by atoms with E-state index in [0.717, 1.165) is 11.1 Å². The summed E-state index contributed by atoms with van der Waals surface area (Å²) in [5.74, 6) is 0.597. The van der Waals surface area contributed by atoms with E-state index in [4.69, 9.17) is 5.26 Å². The molecule has 0 N–H and O–H groups in total. The lowest BCUT2D eigenvalue weighted by atomic mass is 9.89. The largest absolute Gasteiger partial charge is 0.236 e. The van der Waals surface area contributed by atoms with E-state index < -0.39 is 0 Å². The first-order valence-electron chi connectivity index (χ1n) is 5.84. The molecule has 1 heterocycles. The number of nitrogens with zero attached hydrogens (tertiary/aromatic N) is 3. The number of hydrogen-bond donors (Lipinski definition) is 0. The predicted molar refractivity (Wildman–Crippen MR) is 70.9 cm³/mol. The van der Waals surface area contributed by atoms with E-state index in [2.05, 4.69) is 36.8 Å². The van der Waals surface area contributed by atoms with Gasteiger partial charge in [0.25, 0.3) is 0 Å². The Balaban J connectivity index is 2.45. The van der Waals surface area contributed by atoms with E-state index in [-0.39, 0.29) is 5.41 Å². The molecule has 0 amide bonds. The van der Waals surface area contributed by atoms with Gasteiger partial charge in [0.05, 0.1) is 11.6 Å². The van der Waals surface area contributed by atoms with Gasteiger partial charge in [-0.05, 0) is 23.1 Å². The fourth-order valence-corrected chi connectivity index (χ4v) is 1.63. The maximum Gasteiger partial charge on any atom is 0.160 e. The molecule has 0 radical (unpaired) electrons. The molecule has 2 aromatic rings. The molecule has 0 bridgehead atoms. The van der Waals surface area contributed by atoms with Crippen LogP contribution in [-0.4, -0.2) is 9.97 Å². The molecular formula is C15H15N3. The van der Waals surface area contributed by atoms with Gasteiger partial charge in [0.1, 0.15) is 0 Å². The fraction of sp³-hybridized carbons (Fsp3) is 0.267. The van der Waals surface area contributed by atoms with Gasteiger partial charge in [0, 0.05) is 18.0 Å². The Morgan fingerprint density at radius 3 is 2.22 bits per heavy atom. The van der Waals surface area contributed by atoms with Crippen LogP contribution in [0.2, 0.25) is 0 Å². The van der Waals surface area contributed by atoms with Gasteiger partial charge in [0.2, 0.25) is 0 Å². The number of benzene rings is 1. The summed E-state index contributed by atoms with van der Waals surface area (Å²) in [5.41, 5.74) is 2.50. The molecule has 0 saturated carbocycles. The molecule has 0 saturated heterocycles. The minimum Gasteiger partial charge on any atom is -0.236 e. The average Bonchev–Trinajstić information content (AvgIpc) is 2.38. The van der Waals surface area contributed by atoms with E-state index in [1.165, 1.54) is 0 Å². The van der Waals surface area contributed by atoms with Crippen molar-refractivity contribution in [1.29, 1.82) is 5.26 Å². The van der Waals surface area contributed by atoms with Gasteiger partial charge in [-0.25, -0.2) is 9.97 Å². The van der Waals surface area contributed by atoms with Crippen molar-refractivity contribution in [3.63, 3.8) is 0 Å². The van der Waals surface area contributed by atoms with E-state index in [1.54, 1.807) is 6.07 Å². The maximum atomic E-state index is 9.06. The van der Waals surface area contributed by atoms with Gasteiger partial charge >= 0.3 is 0 Å². The Labute approximate surface area is 107 Å². The monoisotopic (exact) mass is 237 g/mol. The van der Waals surface area contributed by atoms with Crippen LogP contribution in [0.15, 0.2) is 36.7 Å². The first-order valence-corrected chi connectivity index (χ1v) is 5.84. The normalized spacial score (nSPS) is 11.0. The molecule has 0 atom stereocenters. The molecule has 0 spiro atoms. The SMILES string of the molecule is CC(C)(C)c1cnc(-c2ccccc2C#N)nc1. The molecule has 90 valence electrons. The molecular weight excluding hydrogens is 222 g/mol. The van der Waals surface area contributed by atoms with Gasteiger partial charge in [0.15, 0.2) is 5.82 Å². The van der Waals surface area contributed by atoms with Crippen LogP contribution in [0.5, 0.6) is 0 Å². The van der Waals surface area contributed by atoms with Crippen molar-refractivity contribution < 1.29 is 0 Å². The van der Waals surface area contributed by atoms with Crippen molar-refractivity contribution >= 4 is 0 Å². The molecule has 18 heavy (non-hydrogen) atoms. The third kappa shape index (κ3) is 2.38. The standard InChI is InChI=1S/C15H15N3/c1-15(2,3)12-9-17-14(18-10-12)13-7-5-4-6-11(13)8-16/h4-7,9-10H,1-3H3. The Bertz CT molecular complexity index is 586. The molecule has 2 rings (SSSR count). The van der Waals surface area contributed by atoms with Crippen LogP contribution in [0.1, 0.15) is 31.9 Å². The fourth-order valence-electron chi connectivity index (χ4n) is 1.63. The second kappa shape index (κ2) is 4.58. The first kappa shape index (κ1) is 12.3. The van der Waals surface area contributed by atoms with Crippen LogP contribution < -0.4 is 0 Å². The van der Waals surface area contributed by atoms with Crippen molar-refractivity contribution in [1.82, 2.24) is 9.97 Å². The van der Waals surface area contributed by atoms with Crippen LogP contribution in [-0.2, 0) is 5.41 Å². The number of nitriles is 1. The summed E-state index contributed by atoms with van der Waals surface area (Å²) in [6.45, 7) is 6.36. The average molecular weight is 237 g/mol. The van der Waals surface area contributed by atoms with Crippen LogP contribution >= 0.6 is 0 Å². The highest BCUT2D eigenvalue weighted by molar-refractivity contribution is 5.64. The topological polar surface area (TPSA) is 49.6 Å². The first-order chi connectivity index (χ1) is 8.52. The van der Waals surface area contributed by atoms with E-state index in [1.807, 2.05) is 30.6 Å². The zero-order valence-electron chi connectivity index (χ0n) is 10.8. The second-order valence-electron chi connectivity index (χ2n) is 5.20. The third-order valence-corrected chi connectivity index (χ3v) is 2.81. The molecule has 0 aliphatic rings. The Hall–Kier alpha value is -2.21. The van der Waals surface area contributed by atoms with Crippen molar-refractivity contribution in [2.45, 2.75) is 26.2 Å². The maximum absolute atomic E-state index is 9.06. The summed E-state index contributed by atoms with van der Waals surface area (Å²) in [6.07, 6.45) is 3.66. The van der Waals surface area contributed by atoms with Gasteiger partial charge < -0.3 is 0 Å². The van der Waals surface area contributed by atoms with Crippen molar-refractivity contribution in [2.24, 2.45) is 0 Å².